The zero-order valence-electron chi connectivity index (χ0n) is 11.4. The Kier molecular flexibility index (Phi) is 4.94. The number of carbonyl (C=O) groups is 1. The minimum atomic E-state index is -0.0158. The molecule has 0 spiro atoms. The second-order valence-corrected chi connectivity index (χ2v) is 5.66. The summed E-state index contributed by atoms with van der Waals surface area (Å²) in [6.45, 7) is 4.68. The Labute approximate surface area is 131 Å². The van der Waals surface area contributed by atoms with Gasteiger partial charge < -0.3 is 0 Å². The van der Waals surface area contributed by atoms with Crippen molar-refractivity contribution in [3.63, 3.8) is 0 Å². The maximum absolute atomic E-state index is 12.3. The topological polar surface area (TPSA) is 47.8 Å². The molecule has 0 radical (unpaired) electrons. The first-order valence-corrected chi connectivity index (χ1v) is 7.61. The SMILES string of the molecule is CCc1nn(CC)c(CC(=O)c2cncc(Br)c2)c1Cl. The highest BCUT2D eigenvalue weighted by Gasteiger charge is 2.18. The molecule has 0 atom stereocenters. The summed E-state index contributed by atoms with van der Waals surface area (Å²) < 4.78 is 2.58. The van der Waals surface area contributed by atoms with E-state index >= 15 is 0 Å². The van der Waals surface area contributed by atoms with Crippen molar-refractivity contribution >= 4 is 33.3 Å². The lowest BCUT2D eigenvalue weighted by Gasteiger charge is -2.05. The van der Waals surface area contributed by atoms with Crippen LogP contribution in [0.2, 0.25) is 5.02 Å². The summed E-state index contributed by atoms with van der Waals surface area (Å²) in [6.07, 6.45) is 4.20. The second kappa shape index (κ2) is 6.50. The van der Waals surface area contributed by atoms with Gasteiger partial charge in [0.15, 0.2) is 5.78 Å². The summed E-state index contributed by atoms with van der Waals surface area (Å²) in [7, 11) is 0. The molecule has 2 aromatic heterocycles. The van der Waals surface area contributed by atoms with Crippen molar-refractivity contribution in [3.05, 3.63) is 44.9 Å². The van der Waals surface area contributed by atoms with E-state index in [0.717, 1.165) is 22.3 Å². The van der Waals surface area contributed by atoms with Gasteiger partial charge in [-0.05, 0) is 35.3 Å². The van der Waals surface area contributed by atoms with Gasteiger partial charge in [-0.3, -0.25) is 14.5 Å². The van der Waals surface area contributed by atoms with Crippen molar-refractivity contribution in [1.29, 1.82) is 0 Å². The Morgan fingerprint density at radius 1 is 1.40 bits per heavy atom. The predicted octanol–water partition coefficient (Wildman–Crippen LogP) is 3.70. The predicted molar refractivity (Wildman–Crippen MR) is 82.3 cm³/mol. The van der Waals surface area contributed by atoms with Crippen molar-refractivity contribution < 1.29 is 4.79 Å². The van der Waals surface area contributed by atoms with Gasteiger partial charge in [-0.1, -0.05) is 18.5 Å². The van der Waals surface area contributed by atoms with E-state index in [1.54, 1.807) is 23.1 Å². The van der Waals surface area contributed by atoms with E-state index in [4.69, 9.17) is 11.6 Å². The molecule has 0 N–H and O–H groups in total. The van der Waals surface area contributed by atoms with Crippen LogP contribution in [0.15, 0.2) is 22.9 Å². The molecule has 2 aromatic rings. The van der Waals surface area contributed by atoms with E-state index in [1.807, 2.05) is 13.8 Å². The fraction of sp³-hybridized carbons (Fsp3) is 0.357. The molecule has 0 amide bonds. The average molecular weight is 357 g/mol. The van der Waals surface area contributed by atoms with Crippen LogP contribution in [0.5, 0.6) is 0 Å². The molecule has 0 saturated carbocycles. The van der Waals surface area contributed by atoms with Crippen LogP contribution in [0, 0.1) is 0 Å². The van der Waals surface area contributed by atoms with E-state index < -0.39 is 0 Å². The molecule has 0 aliphatic heterocycles. The Balaban J connectivity index is 2.30. The smallest absolute Gasteiger partial charge is 0.170 e. The van der Waals surface area contributed by atoms with Crippen LogP contribution in [0.1, 0.15) is 35.6 Å². The first-order chi connectivity index (χ1) is 9.56. The van der Waals surface area contributed by atoms with Crippen LogP contribution in [0.25, 0.3) is 0 Å². The Hall–Kier alpha value is -1.20. The molecular formula is C14H15BrClN3O. The van der Waals surface area contributed by atoms with Crippen molar-refractivity contribution in [1.82, 2.24) is 14.8 Å². The number of halogens is 2. The number of aromatic nitrogens is 3. The lowest BCUT2D eigenvalue weighted by Crippen LogP contribution is -2.10. The third kappa shape index (κ3) is 3.10. The molecule has 0 aliphatic carbocycles. The van der Waals surface area contributed by atoms with Crippen molar-refractivity contribution in [3.8, 4) is 0 Å². The molecule has 0 bridgehead atoms. The fourth-order valence-corrected chi connectivity index (χ4v) is 2.71. The van der Waals surface area contributed by atoms with E-state index in [2.05, 4.69) is 26.0 Å². The third-order valence-electron chi connectivity index (χ3n) is 3.05. The number of rotatable bonds is 5. The molecule has 6 heteroatoms. The molecule has 4 nitrogen and oxygen atoms in total. The minimum absolute atomic E-state index is 0.0158. The highest BCUT2D eigenvalue weighted by molar-refractivity contribution is 9.10. The summed E-state index contributed by atoms with van der Waals surface area (Å²) in [5.41, 5.74) is 2.18. The molecule has 106 valence electrons. The zero-order valence-corrected chi connectivity index (χ0v) is 13.7. The zero-order chi connectivity index (χ0) is 14.7. The lowest BCUT2D eigenvalue weighted by molar-refractivity contribution is 0.0990. The number of pyridine rings is 1. The summed E-state index contributed by atoms with van der Waals surface area (Å²) in [6, 6.07) is 1.76. The van der Waals surface area contributed by atoms with Gasteiger partial charge in [-0.2, -0.15) is 5.10 Å². The molecule has 2 rings (SSSR count). The van der Waals surface area contributed by atoms with Crippen molar-refractivity contribution in [2.24, 2.45) is 0 Å². The average Bonchev–Trinajstić information content (AvgIpc) is 2.75. The maximum atomic E-state index is 12.3. The van der Waals surface area contributed by atoms with Gasteiger partial charge in [0.1, 0.15) is 0 Å². The van der Waals surface area contributed by atoms with Crippen molar-refractivity contribution in [2.75, 3.05) is 0 Å². The Morgan fingerprint density at radius 3 is 2.75 bits per heavy atom. The van der Waals surface area contributed by atoms with Crippen LogP contribution in [-0.4, -0.2) is 20.5 Å². The van der Waals surface area contributed by atoms with E-state index in [1.165, 1.54) is 0 Å². The van der Waals surface area contributed by atoms with Gasteiger partial charge in [-0.25, -0.2) is 0 Å². The second-order valence-electron chi connectivity index (χ2n) is 4.37. The Morgan fingerprint density at radius 2 is 2.15 bits per heavy atom. The number of Topliss-reactive ketones (excluding diaryl/α,β-unsaturated/α-hetero) is 1. The summed E-state index contributed by atoms with van der Waals surface area (Å²) >= 11 is 9.63. The summed E-state index contributed by atoms with van der Waals surface area (Å²) in [5, 5.41) is 5.02. The van der Waals surface area contributed by atoms with Crippen LogP contribution in [-0.2, 0) is 19.4 Å². The van der Waals surface area contributed by atoms with Crippen LogP contribution < -0.4 is 0 Å². The molecule has 0 aromatic carbocycles. The number of hydrogen-bond donors (Lipinski definition) is 0. The van der Waals surface area contributed by atoms with Crippen molar-refractivity contribution in [2.45, 2.75) is 33.2 Å². The van der Waals surface area contributed by atoms with Gasteiger partial charge in [0, 0.05) is 29.0 Å². The van der Waals surface area contributed by atoms with Gasteiger partial charge in [-0.15, -0.1) is 0 Å². The molecule has 0 fully saturated rings. The number of carbonyl (C=O) groups excluding carboxylic acids is 1. The minimum Gasteiger partial charge on any atom is -0.294 e. The first-order valence-electron chi connectivity index (χ1n) is 6.44. The molecule has 20 heavy (non-hydrogen) atoms. The summed E-state index contributed by atoms with van der Waals surface area (Å²) in [4.78, 5) is 16.3. The van der Waals surface area contributed by atoms with Gasteiger partial charge >= 0.3 is 0 Å². The van der Waals surface area contributed by atoms with E-state index in [-0.39, 0.29) is 12.2 Å². The Bertz CT molecular complexity index is 639. The number of aryl methyl sites for hydroxylation is 2. The first kappa shape index (κ1) is 15.2. The van der Waals surface area contributed by atoms with Gasteiger partial charge in [0.25, 0.3) is 0 Å². The lowest BCUT2D eigenvalue weighted by atomic mass is 10.1. The maximum Gasteiger partial charge on any atom is 0.170 e. The number of hydrogen-bond acceptors (Lipinski definition) is 3. The molecule has 2 heterocycles. The quantitative estimate of drug-likeness (QED) is 0.767. The third-order valence-corrected chi connectivity index (χ3v) is 3.92. The molecule has 0 unspecified atom stereocenters. The molecular weight excluding hydrogens is 342 g/mol. The highest BCUT2D eigenvalue weighted by atomic mass is 79.9. The normalized spacial score (nSPS) is 10.8. The fourth-order valence-electron chi connectivity index (χ4n) is 2.00. The standard InChI is InChI=1S/C14H15BrClN3O/c1-3-11-14(16)12(19(4-2)18-11)6-13(20)9-5-10(15)8-17-7-9/h5,7-8H,3-4,6H2,1-2H3. The van der Waals surface area contributed by atoms with E-state index in [0.29, 0.717) is 17.1 Å². The highest BCUT2D eigenvalue weighted by Crippen LogP contribution is 2.23. The summed E-state index contributed by atoms with van der Waals surface area (Å²) in [5.74, 6) is -0.0158. The van der Waals surface area contributed by atoms with Crippen LogP contribution in [0.4, 0.5) is 0 Å². The number of nitrogens with zero attached hydrogens (tertiary/aromatic N) is 3. The van der Waals surface area contributed by atoms with Gasteiger partial charge in [0.05, 0.1) is 22.8 Å². The monoisotopic (exact) mass is 355 g/mol. The van der Waals surface area contributed by atoms with Crippen LogP contribution >= 0.6 is 27.5 Å². The van der Waals surface area contributed by atoms with E-state index in [9.17, 15) is 4.79 Å². The van der Waals surface area contributed by atoms with Crippen LogP contribution in [0.3, 0.4) is 0 Å². The van der Waals surface area contributed by atoms with Gasteiger partial charge in [0.2, 0.25) is 0 Å². The largest absolute Gasteiger partial charge is 0.294 e. The molecule has 0 saturated heterocycles. The molecule has 0 aliphatic rings. The number of ketones is 1.